The van der Waals surface area contributed by atoms with Gasteiger partial charge in [-0.2, -0.15) is 0 Å². The number of fused-ring (bicyclic) bond motifs is 1. The molecule has 1 amide bonds. The van der Waals surface area contributed by atoms with Crippen LogP contribution in [0.25, 0.3) is 10.9 Å². The number of halogens is 1. The lowest BCUT2D eigenvalue weighted by Gasteiger charge is -2.19. The Hall–Kier alpha value is -2.75. The fourth-order valence-corrected chi connectivity index (χ4v) is 4.48. The number of rotatable bonds is 9. The molecular weight excluding hydrogens is 464 g/mol. The molecule has 2 N–H and O–H groups in total. The second-order valence-corrected chi connectivity index (χ2v) is 9.31. The summed E-state index contributed by atoms with van der Waals surface area (Å²) in [5.74, 6) is -0.0780. The number of benzene rings is 1. The third-order valence-electron chi connectivity index (χ3n) is 4.97. The second kappa shape index (κ2) is 10.9. The number of carbonyl (C=O) groups excluding carboxylic acids is 2. The van der Waals surface area contributed by atoms with Crippen LogP contribution >= 0.6 is 22.9 Å². The number of hydrogen-bond acceptors (Lipinski definition) is 7. The molecule has 10 heteroatoms. The Labute approximate surface area is 200 Å². The van der Waals surface area contributed by atoms with E-state index in [0.29, 0.717) is 38.9 Å². The van der Waals surface area contributed by atoms with Crippen molar-refractivity contribution in [1.82, 2.24) is 14.9 Å². The molecule has 176 valence electrons. The highest BCUT2D eigenvalue weighted by molar-refractivity contribution is 7.16. The largest absolute Gasteiger partial charge is 0.462 e. The van der Waals surface area contributed by atoms with Gasteiger partial charge in [0.15, 0.2) is 0 Å². The Balaban J connectivity index is 1.75. The van der Waals surface area contributed by atoms with Crippen LogP contribution in [-0.2, 0) is 16.1 Å². The highest BCUT2D eigenvalue weighted by Crippen LogP contribution is 2.33. The molecule has 0 atom stereocenters. The minimum atomic E-state index is -0.458. The van der Waals surface area contributed by atoms with Crippen LogP contribution in [-0.4, -0.2) is 46.4 Å². The number of nitrogens with zero attached hydrogens (tertiary/aromatic N) is 2. The maximum Gasteiger partial charge on any atom is 0.341 e. The predicted molar refractivity (Wildman–Crippen MR) is 131 cm³/mol. The van der Waals surface area contributed by atoms with Crippen molar-refractivity contribution in [2.75, 3.05) is 25.0 Å². The van der Waals surface area contributed by atoms with E-state index in [4.69, 9.17) is 16.3 Å². The SMILES string of the molecule is CCOC(=O)c1cc(C(C)C)sc1NC(=O)CN(CC)Cc1nc2cc(Cl)ccc2c(=O)[nH]1. The average Bonchev–Trinajstić information content (AvgIpc) is 3.17. The molecule has 0 aliphatic rings. The first-order chi connectivity index (χ1) is 15.7. The Morgan fingerprint density at radius 1 is 1.27 bits per heavy atom. The molecule has 3 aromatic rings. The zero-order chi connectivity index (χ0) is 24.1. The van der Waals surface area contributed by atoms with Crippen molar-refractivity contribution in [3.63, 3.8) is 0 Å². The topological polar surface area (TPSA) is 104 Å². The average molecular weight is 491 g/mol. The number of esters is 1. The summed E-state index contributed by atoms with van der Waals surface area (Å²) in [4.78, 5) is 47.6. The van der Waals surface area contributed by atoms with E-state index >= 15 is 0 Å². The monoisotopic (exact) mass is 490 g/mol. The summed E-state index contributed by atoms with van der Waals surface area (Å²) in [5, 5.41) is 4.27. The van der Waals surface area contributed by atoms with Gasteiger partial charge in [0.25, 0.3) is 5.56 Å². The molecule has 3 rings (SSSR count). The van der Waals surface area contributed by atoms with Gasteiger partial charge >= 0.3 is 5.97 Å². The normalized spacial score (nSPS) is 11.4. The van der Waals surface area contributed by atoms with Gasteiger partial charge in [0.2, 0.25) is 5.91 Å². The Kier molecular flexibility index (Phi) is 8.23. The van der Waals surface area contributed by atoms with Crippen LogP contribution in [0.2, 0.25) is 5.02 Å². The molecule has 0 saturated carbocycles. The van der Waals surface area contributed by atoms with Crippen LogP contribution in [0, 0.1) is 0 Å². The molecule has 0 radical (unpaired) electrons. The van der Waals surface area contributed by atoms with Gasteiger partial charge < -0.3 is 15.0 Å². The Morgan fingerprint density at radius 2 is 2.03 bits per heavy atom. The van der Waals surface area contributed by atoms with Gasteiger partial charge in [0.05, 0.1) is 36.2 Å². The Bertz CT molecular complexity index is 1220. The van der Waals surface area contributed by atoms with Gasteiger partial charge in [-0.15, -0.1) is 11.3 Å². The van der Waals surface area contributed by atoms with Crippen LogP contribution in [0.15, 0.2) is 29.1 Å². The number of ether oxygens (including phenoxy) is 1. The van der Waals surface area contributed by atoms with Gasteiger partial charge in [-0.3, -0.25) is 14.5 Å². The lowest BCUT2D eigenvalue weighted by molar-refractivity contribution is -0.117. The number of anilines is 1. The first kappa shape index (κ1) is 24.9. The van der Waals surface area contributed by atoms with Crippen molar-refractivity contribution in [2.45, 2.75) is 40.2 Å². The standard InChI is InChI=1S/C23H27ClN4O4S/c1-5-28(11-19-25-17-9-14(24)7-8-15(17)21(30)26-19)12-20(29)27-22-16(23(31)32-6-2)10-18(33-22)13(3)4/h7-10,13H,5-6,11-12H2,1-4H3,(H,27,29)(H,25,26,30). The first-order valence-corrected chi connectivity index (χ1v) is 11.9. The van der Waals surface area contributed by atoms with Crippen molar-refractivity contribution in [3.05, 3.63) is 55.9 Å². The minimum absolute atomic E-state index is 0.0605. The molecule has 1 aromatic carbocycles. The molecule has 0 fully saturated rings. The summed E-state index contributed by atoms with van der Waals surface area (Å²) in [5.41, 5.74) is 0.603. The van der Waals surface area contributed by atoms with Crippen molar-refractivity contribution in [2.24, 2.45) is 0 Å². The first-order valence-electron chi connectivity index (χ1n) is 10.7. The quantitative estimate of drug-likeness (QED) is 0.431. The van der Waals surface area contributed by atoms with E-state index in [1.807, 2.05) is 25.7 Å². The van der Waals surface area contributed by atoms with Gasteiger partial charge in [-0.25, -0.2) is 9.78 Å². The molecule has 8 nitrogen and oxygen atoms in total. The fourth-order valence-electron chi connectivity index (χ4n) is 3.24. The van der Waals surface area contributed by atoms with Crippen LogP contribution < -0.4 is 10.9 Å². The van der Waals surface area contributed by atoms with Gasteiger partial charge in [-0.05, 0) is 43.7 Å². The number of aromatic nitrogens is 2. The maximum absolute atomic E-state index is 12.8. The summed E-state index contributed by atoms with van der Waals surface area (Å²) in [6.07, 6.45) is 0. The van der Waals surface area contributed by atoms with Crippen molar-refractivity contribution >= 4 is 50.7 Å². The number of thiophene rings is 1. The maximum atomic E-state index is 12.8. The molecule has 0 saturated heterocycles. The molecule has 33 heavy (non-hydrogen) atoms. The highest BCUT2D eigenvalue weighted by Gasteiger charge is 2.21. The Morgan fingerprint density at radius 3 is 2.70 bits per heavy atom. The lowest BCUT2D eigenvalue weighted by atomic mass is 10.1. The predicted octanol–water partition coefficient (Wildman–Crippen LogP) is 4.40. The van der Waals surface area contributed by atoms with E-state index in [-0.39, 0.29) is 37.1 Å². The number of amides is 1. The van der Waals surface area contributed by atoms with E-state index in [0.717, 1.165) is 4.88 Å². The summed E-state index contributed by atoms with van der Waals surface area (Å²) in [6.45, 7) is 8.84. The molecule has 0 aliphatic carbocycles. The van der Waals surface area contributed by atoms with E-state index in [1.165, 1.54) is 11.3 Å². The number of aromatic amines is 1. The number of nitrogens with one attached hydrogen (secondary N) is 2. The summed E-state index contributed by atoms with van der Waals surface area (Å²) in [6, 6.07) is 6.68. The molecule has 2 heterocycles. The van der Waals surface area contributed by atoms with Crippen LogP contribution in [0.4, 0.5) is 5.00 Å². The zero-order valence-corrected chi connectivity index (χ0v) is 20.6. The van der Waals surface area contributed by atoms with Crippen molar-refractivity contribution in [1.29, 1.82) is 0 Å². The summed E-state index contributed by atoms with van der Waals surface area (Å²) < 4.78 is 5.13. The van der Waals surface area contributed by atoms with E-state index in [2.05, 4.69) is 15.3 Å². The molecule has 0 spiro atoms. The third-order valence-corrected chi connectivity index (χ3v) is 6.56. The molecule has 0 bridgehead atoms. The van der Waals surface area contributed by atoms with E-state index < -0.39 is 5.97 Å². The van der Waals surface area contributed by atoms with Crippen molar-refractivity contribution < 1.29 is 14.3 Å². The second-order valence-electron chi connectivity index (χ2n) is 7.79. The number of H-pyrrole nitrogens is 1. The number of carbonyl (C=O) groups is 2. The highest BCUT2D eigenvalue weighted by atomic mass is 35.5. The molecule has 0 unspecified atom stereocenters. The smallest absolute Gasteiger partial charge is 0.341 e. The number of hydrogen-bond donors (Lipinski definition) is 2. The van der Waals surface area contributed by atoms with Crippen LogP contribution in [0.3, 0.4) is 0 Å². The lowest BCUT2D eigenvalue weighted by Crippen LogP contribution is -2.34. The van der Waals surface area contributed by atoms with Gasteiger partial charge in [0.1, 0.15) is 10.8 Å². The molecular formula is C23H27ClN4O4S. The van der Waals surface area contributed by atoms with E-state index in [1.54, 1.807) is 31.2 Å². The van der Waals surface area contributed by atoms with Crippen molar-refractivity contribution in [3.8, 4) is 0 Å². The van der Waals surface area contributed by atoms with Crippen LogP contribution in [0.5, 0.6) is 0 Å². The van der Waals surface area contributed by atoms with Crippen LogP contribution in [0.1, 0.15) is 54.7 Å². The fraction of sp³-hybridized carbons (Fsp3) is 0.391. The zero-order valence-electron chi connectivity index (χ0n) is 19.0. The third kappa shape index (κ3) is 6.19. The van der Waals surface area contributed by atoms with Gasteiger partial charge in [0, 0.05) is 9.90 Å². The molecule has 2 aromatic heterocycles. The summed E-state index contributed by atoms with van der Waals surface area (Å²) in [7, 11) is 0. The van der Waals surface area contributed by atoms with E-state index in [9.17, 15) is 14.4 Å². The minimum Gasteiger partial charge on any atom is -0.462 e. The van der Waals surface area contributed by atoms with Gasteiger partial charge in [-0.1, -0.05) is 32.4 Å². The summed E-state index contributed by atoms with van der Waals surface area (Å²) >= 11 is 7.40. The number of likely N-dealkylation sites (N-methyl/N-ethyl adjacent to an activating group) is 1. The molecule has 0 aliphatic heterocycles.